The maximum atomic E-state index is 11.8. The summed E-state index contributed by atoms with van der Waals surface area (Å²) in [7, 11) is 1.37. The van der Waals surface area contributed by atoms with Crippen molar-refractivity contribution in [2.75, 3.05) is 12.4 Å². The molecule has 2 aliphatic rings. The molecule has 0 saturated heterocycles. The number of hydrogen-bond donors (Lipinski definition) is 1. The van der Waals surface area contributed by atoms with Crippen LogP contribution in [0, 0.1) is 0 Å². The van der Waals surface area contributed by atoms with Crippen LogP contribution in [0.15, 0.2) is 48.5 Å². The molecule has 2 aromatic heterocycles. The largest absolute Gasteiger partial charge is 0.465 e. The van der Waals surface area contributed by atoms with E-state index < -0.39 is 0 Å². The zero-order valence-corrected chi connectivity index (χ0v) is 20.5. The van der Waals surface area contributed by atoms with Gasteiger partial charge in [0.15, 0.2) is 5.82 Å². The number of aromatic nitrogens is 2. The molecule has 8 heteroatoms. The van der Waals surface area contributed by atoms with Gasteiger partial charge in [0.25, 0.3) is 0 Å². The average Bonchev–Trinajstić information content (AvgIpc) is 3.41. The van der Waals surface area contributed by atoms with Gasteiger partial charge in [-0.05, 0) is 48.2 Å². The number of thiophene rings is 1. The van der Waals surface area contributed by atoms with Crippen molar-refractivity contribution in [2.24, 2.45) is 0 Å². The molecule has 0 amide bonds. The third-order valence-corrected chi connectivity index (χ3v) is 8.32. The smallest absolute Gasteiger partial charge is 0.337 e. The van der Waals surface area contributed by atoms with Crippen LogP contribution in [-0.2, 0) is 11.3 Å². The van der Waals surface area contributed by atoms with Gasteiger partial charge in [-0.15, -0.1) is 11.3 Å². The SMILES string of the molecule is COC(=O)c1ccc(-c2nc(NCc3ccc(Cl)c(Cl)c3)c3c4c(sc3n2)C2CCC=C42)cc1. The van der Waals surface area contributed by atoms with Crippen LogP contribution in [0.5, 0.6) is 0 Å². The number of rotatable bonds is 5. The second-order valence-corrected chi connectivity index (χ2v) is 10.2. The van der Waals surface area contributed by atoms with Crippen LogP contribution in [0.4, 0.5) is 5.82 Å². The van der Waals surface area contributed by atoms with Gasteiger partial charge in [-0.2, -0.15) is 0 Å². The highest BCUT2D eigenvalue weighted by molar-refractivity contribution is 7.19. The van der Waals surface area contributed by atoms with Gasteiger partial charge in [-0.3, -0.25) is 0 Å². The first-order chi connectivity index (χ1) is 16.5. The summed E-state index contributed by atoms with van der Waals surface area (Å²) in [5, 5.41) is 5.66. The number of methoxy groups -OCH3 is 1. The number of carbonyl (C=O) groups excluding carboxylic acids is 1. The van der Waals surface area contributed by atoms with Crippen molar-refractivity contribution in [3.05, 3.63) is 80.2 Å². The summed E-state index contributed by atoms with van der Waals surface area (Å²) < 4.78 is 4.81. The molecule has 6 rings (SSSR count). The van der Waals surface area contributed by atoms with Crippen molar-refractivity contribution in [2.45, 2.75) is 25.3 Å². The Morgan fingerprint density at radius 1 is 1.15 bits per heavy atom. The lowest BCUT2D eigenvalue weighted by Crippen LogP contribution is -2.10. The number of hydrogen-bond acceptors (Lipinski definition) is 6. The third-order valence-electron chi connectivity index (χ3n) is 6.39. The molecule has 0 spiro atoms. The molecule has 170 valence electrons. The van der Waals surface area contributed by atoms with Crippen molar-refractivity contribution < 1.29 is 9.53 Å². The van der Waals surface area contributed by atoms with E-state index in [0.29, 0.717) is 33.9 Å². The molecule has 34 heavy (non-hydrogen) atoms. The fourth-order valence-corrected chi connectivity index (χ4v) is 6.36. The maximum Gasteiger partial charge on any atom is 0.337 e. The van der Waals surface area contributed by atoms with E-state index >= 15 is 0 Å². The predicted octanol–water partition coefficient (Wildman–Crippen LogP) is 7.34. The number of allylic oxidation sites excluding steroid dienone is 2. The molecule has 1 atom stereocenters. The van der Waals surface area contributed by atoms with Crippen LogP contribution in [0.3, 0.4) is 0 Å². The summed E-state index contributed by atoms with van der Waals surface area (Å²) >= 11 is 14.1. The predicted molar refractivity (Wildman–Crippen MR) is 138 cm³/mol. The van der Waals surface area contributed by atoms with E-state index in [1.807, 2.05) is 24.3 Å². The Balaban J connectivity index is 1.42. The van der Waals surface area contributed by atoms with Gasteiger partial charge in [0.05, 0.1) is 28.1 Å². The Kier molecular flexibility index (Phi) is 5.32. The van der Waals surface area contributed by atoms with Crippen LogP contribution >= 0.6 is 34.5 Å². The highest BCUT2D eigenvalue weighted by Crippen LogP contribution is 2.59. The minimum Gasteiger partial charge on any atom is -0.465 e. The fourth-order valence-electron chi connectivity index (χ4n) is 4.69. The van der Waals surface area contributed by atoms with E-state index in [1.54, 1.807) is 29.5 Å². The van der Waals surface area contributed by atoms with Crippen molar-refractivity contribution in [3.8, 4) is 11.4 Å². The lowest BCUT2D eigenvalue weighted by atomic mass is 9.80. The van der Waals surface area contributed by atoms with E-state index in [1.165, 1.54) is 29.5 Å². The molecule has 5 nitrogen and oxygen atoms in total. The number of nitrogens with one attached hydrogen (secondary N) is 1. The molecule has 2 heterocycles. The Morgan fingerprint density at radius 3 is 2.74 bits per heavy atom. The minimum absolute atomic E-state index is 0.370. The first-order valence-electron chi connectivity index (χ1n) is 10.9. The van der Waals surface area contributed by atoms with Gasteiger partial charge >= 0.3 is 5.97 Å². The van der Waals surface area contributed by atoms with Crippen LogP contribution in [0.25, 0.3) is 27.2 Å². The normalized spacial score (nSPS) is 16.0. The molecular formula is C26H19Cl2N3O2S. The van der Waals surface area contributed by atoms with Gasteiger partial charge in [-0.1, -0.05) is 47.5 Å². The molecule has 1 unspecified atom stereocenters. The Bertz CT molecular complexity index is 1490. The first-order valence-corrected chi connectivity index (χ1v) is 12.5. The zero-order chi connectivity index (χ0) is 23.4. The molecule has 2 aromatic carbocycles. The second kappa shape index (κ2) is 8.38. The second-order valence-electron chi connectivity index (χ2n) is 8.38. The van der Waals surface area contributed by atoms with E-state index in [-0.39, 0.29) is 5.97 Å². The first kappa shape index (κ1) is 21.6. The van der Waals surface area contributed by atoms with E-state index in [0.717, 1.165) is 33.6 Å². The summed E-state index contributed by atoms with van der Waals surface area (Å²) in [5.74, 6) is 1.58. The highest BCUT2D eigenvalue weighted by Gasteiger charge is 2.39. The summed E-state index contributed by atoms with van der Waals surface area (Å²) in [6.07, 6.45) is 4.65. The monoisotopic (exact) mass is 507 g/mol. The summed E-state index contributed by atoms with van der Waals surface area (Å²) in [5.41, 5.74) is 5.06. The number of nitrogens with zero attached hydrogens (tertiary/aromatic N) is 2. The van der Waals surface area contributed by atoms with Crippen molar-refractivity contribution in [1.29, 1.82) is 0 Å². The molecule has 1 N–H and O–H groups in total. The van der Waals surface area contributed by atoms with Gasteiger partial charge in [0.2, 0.25) is 0 Å². The molecule has 0 aliphatic heterocycles. The molecule has 2 aliphatic carbocycles. The standard InChI is InChI=1S/C26H19Cl2N3O2S/c1-33-26(32)15-8-6-14(7-9-15)23-30-24(29-12-13-5-10-18(27)19(28)11-13)21-20-16-3-2-4-17(16)22(20)34-25(21)31-23/h3,5-11,17H,2,4,12H2,1H3,(H,29,30,31). The van der Waals surface area contributed by atoms with Gasteiger partial charge in [-0.25, -0.2) is 14.8 Å². The van der Waals surface area contributed by atoms with Crippen LogP contribution in [0.2, 0.25) is 10.0 Å². The van der Waals surface area contributed by atoms with Crippen LogP contribution < -0.4 is 5.32 Å². The summed E-state index contributed by atoms with van der Waals surface area (Å²) in [4.78, 5) is 24.0. The topological polar surface area (TPSA) is 64.1 Å². The van der Waals surface area contributed by atoms with E-state index in [4.69, 9.17) is 37.9 Å². The molecule has 0 saturated carbocycles. The average molecular weight is 508 g/mol. The van der Waals surface area contributed by atoms with Crippen LogP contribution in [0.1, 0.15) is 45.1 Å². The van der Waals surface area contributed by atoms with Gasteiger partial charge in [0.1, 0.15) is 10.6 Å². The number of anilines is 1. The lowest BCUT2D eigenvalue weighted by molar-refractivity contribution is 0.0600. The fraction of sp³-hybridized carbons (Fsp3) is 0.192. The van der Waals surface area contributed by atoms with Gasteiger partial charge < -0.3 is 10.1 Å². The molecule has 4 aromatic rings. The van der Waals surface area contributed by atoms with E-state index in [9.17, 15) is 4.79 Å². The maximum absolute atomic E-state index is 11.8. The summed E-state index contributed by atoms with van der Waals surface area (Å²) in [6.45, 7) is 0.552. The third kappa shape index (κ3) is 3.49. The minimum atomic E-state index is -0.370. The number of ether oxygens (including phenoxy) is 1. The zero-order valence-electron chi connectivity index (χ0n) is 18.2. The van der Waals surface area contributed by atoms with Crippen molar-refractivity contribution >= 4 is 62.1 Å². The van der Waals surface area contributed by atoms with Crippen molar-refractivity contribution in [1.82, 2.24) is 9.97 Å². The molecule has 0 bridgehead atoms. The lowest BCUT2D eigenvalue weighted by Gasteiger charge is -2.26. The number of carbonyl (C=O) groups is 1. The Hall–Kier alpha value is -2.93. The molecule has 0 fully saturated rings. The molecule has 0 radical (unpaired) electrons. The number of esters is 1. The Labute approximate surface area is 210 Å². The van der Waals surface area contributed by atoms with Crippen LogP contribution in [-0.4, -0.2) is 23.0 Å². The number of fused-ring (bicyclic) bond motifs is 6. The number of benzene rings is 2. The van der Waals surface area contributed by atoms with Gasteiger partial charge in [0, 0.05) is 28.5 Å². The number of halogens is 2. The summed E-state index contributed by atoms with van der Waals surface area (Å²) in [6, 6.07) is 12.8. The van der Waals surface area contributed by atoms with Crippen molar-refractivity contribution in [3.63, 3.8) is 0 Å². The quantitative estimate of drug-likeness (QED) is 0.286. The molecular weight excluding hydrogens is 489 g/mol. The van der Waals surface area contributed by atoms with E-state index in [2.05, 4.69) is 11.4 Å². The highest BCUT2D eigenvalue weighted by atomic mass is 35.5. The Morgan fingerprint density at radius 2 is 1.97 bits per heavy atom.